The van der Waals surface area contributed by atoms with Crippen molar-refractivity contribution in [2.45, 2.75) is 26.4 Å². The lowest BCUT2D eigenvalue weighted by Gasteiger charge is -2.13. The molecule has 0 bridgehead atoms. The zero-order valence-corrected chi connectivity index (χ0v) is 11.0. The molecule has 0 amide bonds. The van der Waals surface area contributed by atoms with E-state index in [1.54, 1.807) is 6.07 Å². The highest BCUT2D eigenvalue weighted by molar-refractivity contribution is 5.58. The molecule has 0 radical (unpaired) electrons. The van der Waals surface area contributed by atoms with Crippen molar-refractivity contribution in [3.05, 3.63) is 23.3 Å². The maximum Gasteiger partial charge on any atom is 0.411 e. The molecule has 2 N–H and O–H groups in total. The average Bonchev–Trinajstić information content (AvgIpc) is 2.24. The summed E-state index contributed by atoms with van der Waals surface area (Å²) in [5.41, 5.74) is 8.30. The molecular formula is C13H18F3NO2. The number of rotatable bonds is 6. The summed E-state index contributed by atoms with van der Waals surface area (Å²) < 4.78 is 45.3. The molecule has 0 aliphatic carbocycles. The first-order valence-corrected chi connectivity index (χ1v) is 5.93. The standard InChI is InChI=1S/C13H18F3NO2/c1-9-6-10(2)12(11(17)7-9)19-5-3-4-18-8-13(14,15)16/h6-7H,3-5,8,17H2,1-2H3. The van der Waals surface area contributed by atoms with Crippen LogP contribution in [0.3, 0.4) is 0 Å². The summed E-state index contributed by atoms with van der Waals surface area (Å²) in [6.45, 7) is 2.85. The van der Waals surface area contributed by atoms with Crippen LogP contribution in [0.25, 0.3) is 0 Å². The summed E-state index contributed by atoms with van der Waals surface area (Å²) in [5.74, 6) is 0.585. The van der Waals surface area contributed by atoms with Gasteiger partial charge in [0, 0.05) is 6.42 Å². The van der Waals surface area contributed by atoms with Crippen molar-refractivity contribution in [1.82, 2.24) is 0 Å². The van der Waals surface area contributed by atoms with Crippen LogP contribution in [0.2, 0.25) is 0 Å². The molecule has 6 heteroatoms. The van der Waals surface area contributed by atoms with Crippen molar-refractivity contribution in [2.75, 3.05) is 25.6 Å². The lowest BCUT2D eigenvalue weighted by Crippen LogP contribution is -2.18. The molecule has 0 aliphatic rings. The molecule has 0 aliphatic heterocycles. The second-order valence-corrected chi connectivity index (χ2v) is 4.37. The van der Waals surface area contributed by atoms with Crippen LogP contribution in [0.5, 0.6) is 5.75 Å². The highest BCUT2D eigenvalue weighted by Gasteiger charge is 2.27. The van der Waals surface area contributed by atoms with Gasteiger partial charge in [-0.25, -0.2) is 0 Å². The van der Waals surface area contributed by atoms with Gasteiger partial charge in [-0.15, -0.1) is 0 Å². The lowest BCUT2D eigenvalue weighted by molar-refractivity contribution is -0.174. The summed E-state index contributed by atoms with van der Waals surface area (Å²) >= 11 is 0. The van der Waals surface area contributed by atoms with Gasteiger partial charge in [-0.05, 0) is 31.0 Å². The molecule has 3 nitrogen and oxygen atoms in total. The number of ether oxygens (including phenoxy) is 2. The molecular weight excluding hydrogens is 259 g/mol. The molecule has 0 heterocycles. The van der Waals surface area contributed by atoms with Crippen LogP contribution in [-0.4, -0.2) is 26.0 Å². The minimum absolute atomic E-state index is 0.00429. The quantitative estimate of drug-likeness (QED) is 0.641. The van der Waals surface area contributed by atoms with Crippen molar-refractivity contribution in [3.8, 4) is 5.75 Å². The van der Waals surface area contributed by atoms with Gasteiger partial charge in [-0.2, -0.15) is 13.2 Å². The van der Waals surface area contributed by atoms with Gasteiger partial charge in [0.1, 0.15) is 12.4 Å². The highest BCUT2D eigenvalue weighted by atomic mass is 19.4. The molecule has 0 saturated heterocycles. The van der Waals surface area contributed by atoms with Gasteiger partial charge in [0.15, 0.2) is 0 Å². The molecule has 0 fully saturated rings. The number of anilines is 1. The van der Waals surface area contributed by atoms with Crippen LogP contribution in [0.15, 0.2) is 12.1 Å². The molecule has 0 saturated carbocycles. The minimum Gasteiger partial charge on any atom is -0.491 e. The zero-order chi connectivity index (χ0) is 14.5. The molecule has 0 atom stereocenters. The van der Waals surface area contributed by atoms with E-state index in [1.165, 1.54) is 0 Å². The fourth-order valence-corrected chi connectivity index (χ4v) is 1.71. The van der Waals surface area contributed by atoms with E-state index < -0.39 is 12.8 Å². The Bertz CT molecular complexity index is 396. The Balaban J connectivity index is 2.30. The van der Waals surface area contributed by atoms with E-state index in [9.17, 15) is 13.2 Å². The molecule has 108 valence electrons. The summed E-state index contributed by atoms with van der Waals surface area (Å²) in [7, 11) is 0. The third-order valence-corrected chi connectivity index (χ3v) is 2.39. The van der Waals surface area contributed by atoms with E-state index in [2.05, 4.69) is 4.74 Å². The van der Waals surface area contributed by atoms with Gasteiger partial charge >= 0.3 is 6.18 Å². The van der Waals surface area contributed by atoms with E-state index in [-0.39, 0.29) is 13.2 Å². The Kier molecular flexibility index (Phi) is 5.47. The number of halogens is 3. The van der Waals surface area contributed by atoms with Gasteiger partial charge in [-0.1, -0.05) is 6.07 Å². The van der Waals surface area contributed by atoms with Crippen LogP contribution < -0.4 is 10.5 Å². The van der Waals surface area contributed by atoms with Crippen molar-refractivity contribution in [3.63, 3.8) is 0 Å². The van der Waals surface area contributed by atoms with Crippen LogP contribution in [0.1, 0.15) is 17.5 Å². The minimum atomic E-state index is -4.28. The summed E-state index contributed by atoms with van der Waals surface area (Å²) in [6, 6.07) is 3.73. The van der Waals surface area contributed by atoms with Gasteiger partial charge in [0.05, 0.1) is 18.9 Å². The number of nitrogens with two attached hydrogens (primary N) is 1. The third kappa shape index (κ3) is 5.83. The fourth-order valence-electron chi connectivity index (χ4n) is 1.71. The number of hydrogen-bond donors (Lipinski definition) is 1. The van der Waals surface area contributed by atoms with Gasteiger partial charge in [0.2, 0.25) is 0 Å². The predicted octanol–water partition coefficient (Wildman–Crippen LogP) is 3.23. The number of nitrogen functional groups attached to an aromatic ring is 1. The molecule has 0 unspecified atom stereocenters. The molecule has 1 aromatic rings. The monoisotopic (exact) mass is 277 g/mol. The zero-order valence-electron chi connectivity index (χ0n) is 11.0. The van der Waals surface area contributed by atoms with Crippen molar-refractivity contribution < 1.29 is 22.6 Å². The van der Waals surface area contributed by atoms with E-state index >= 15 is 0 Å². The van der Waals surface area contributed by atoms with Crippen molar-refractivity contribution >= 4 is 5.69 Å². The molecule has 1 aromatic carbocycles. The molecule has 0 spiro atoms. The van der Waals surface area contributed by atoms with E-state index in [4.69, 9.17) is 10.5 Å². The smallest absolute Gasteiger partial charge is 0.411 e. The SMILES string of the molecule is Cc1cc(C)c(OCCCOCC(F)(F)F)c(N)c1. The van der Waals surface area contributed by atoms with E-state index in [1.807, 2.05) is 19.9 Å². The summed E-state index contributed by atoms with van der Waals surface area (Å²) in [6.07, 6.45) is -3.90. The molecule has 0 aromatic heterocycles. The Morgan fingerprint density at radius 1 is 1.16 bits per heavy atom. The first-order valence-electron chi connectivity index (χ1n) is 5.93. The van der Waals surface area contributed by atoms with E-state index in [0.29, 0.717) is 17.9 Å². The van der Waals surface area contributed by atoms with Crippen LogP contribution >= 0.6 is 0 Å². The number of benzene rings is 1. The maximum atomic E-state index is 11.8. The predicted molar refractivity (Wildman–Crippen MR) is 67.3 cm³/mol. The number of alkyl halides is 3. The van der Waals surface area contributed by atoms with E-state index in [0.717, 1.165) is 11.1 Å². The van der Waals surface area contributed by atoms with Crippen LogP contribution in [0.4, 0.5) is 18.9 Å². The maximum absolute atomic E-state index is 11.8. The Morgan fingerprint density at radius 2 is 1.84 bits per heavy atom. The Morgan fingerprint density at radius 3 is 2.42 bits per heavy atom. The molecule has 19 heavy (non-hydrogen) atoms. The topological polar surface area (TPSA) is 44.5 Å². The third-order valence-electron chi connectivity index (χ3n) is 2.39. The van der Waals surface area contributed by atoms with Gasteiger partial charge in [0.25, 0.3) is 0 Å². The largest absolute Gasteiger partial charge is 0.491 e. The number of aryl methyl sites for hydroxylation is 2. The Hall–Kier alpha value is -1.43. The van der Waals surface area contributed by atoms with Crippen LogP contribution in [0, 0.1) is 13.8 Å². The Labute approximate surface area is 110 Å². The average molecular weight is 277 g/mol. The lowest BCUT2D eigenvalue weighted by atomic mass is 10.1. The highest BCUT2D eigenvalue weighted by Crippen LogP contribution is 2.27. The first-order chi connectivity index (χ1) is 8.79. The van der Waals surface area contributed by atoms with Crippen molar-refractivity contribution in [2.24, 2.45) is 0 Å². The van der Waals surface area contributed by atoms with Gasteiger partial charge in [-0.3, -0.25) is 0 Å². The van der Waals surface area contributed by atoms with Crippen LogP contribution in [-0.2, 0) is 4.74 Å². The normalized spacial score (nSPS) is 11.6. The second-order valence-electron chi connectivity index (χ2n) is 4.37. The number of hydrogen-bond acceptors (Lipinski definition) is 3. The fraction of sp³-hybridized carbons (Fsp3) is 0.538. The van der Waals surface area contributed by atoms with Crippen molar-refractivity contribution in [1.29, 1.82) is 0 Å². The van der Waals surface area contributed by atoms with Gasteiger partial charge < -0.3 is 15.2 Å². The summed E-state index contributed by atoms with van der Waals surface area (Å²) in [4.78, 5) is 0. The summed E-state index contributed by atoms with van der Waals surface area (Å²) in [5, 5.41) is 0. The second kappa shape index (κ2) is 6.65. The molecule has 1 rings (SSSR count). The first kappa shape index (κ1) is 15.6.